The number of ether oxygens (including phenoxy) is 5. The van der Waals surface area contributed by atoms with Gasteiger partial charge in [-0.1, -0.05) is 30.3 Å². The quantitative estimate of drug-likeness (QED) is 0.144. The van der Waals surface area contributed by atoms with Crippen LogP contribution in [0.15, 0.2) is 66.9 Å². The standard InChI is InChI=1S/C29H30O8/c1-4-33-26(30)14-15-36-28-21(17-27(31)34-5-2)16-25(29(32)35-6-3)24-18-22(12-13-23(24)28)37-19-20-10-8-7-9-11-20/h7-16,18H,4-6,17,19H2,1-3H3/b15-14+. The van der Waals surface area contributed by atoms with Crippen molar-refractivity contribution in [1.29, 1.82) is 0 Å². The van der Waals surface area contributed by atoms with E-state index in [1.807, 2.05) is 30.3 Å². The topological polar surface area (TPSA) is 97.4 Å². The lowest BCUT2D eigenvalue weighted by molar-refractivity contribution is -0.142. The Morgan fingerprint density at radius 2 is 1.54 bits per heavy atom. The minimum absolute atomic E-state index is 0.148. The van der Waals surface area contributed by atoms with Gasteiger partial charge in [-0.25, -0.2) is 9.59 Å². The molecule has 3 rings (SSSR count). The first kappa shape index (κ1) is 27.3. The predicted molar refractivity (Wildman–Crippen MR) is 137 cm³/mol. The first-order valence-corrected chi connectivity index (χ1v) is 12.1. The molecule has 0 aromatic heterocycles. The average molecular weight is 507 g/mol. The monoisotopic (exact) mass is 506 g/mol. The molecule has 0 amide bonds. The number of hydrogen-bond acceptors (Lipinski definition) is 8. The number of benzene rings is 3. The Labute approximate surface area is 215 Å². The molecule has 0 atom stereocenters. The largest absolute Gasteiger partial charge is 0.489 e. The van der Waals surface area contributed by atoms with E-state index in [0.717, 1.165) is 11.6 Å². The van der Waals surface area contributed by atoms with Crippen LogP contribution >= 0.6 is 0 Å². The predicted octanol–water partition coefficient (Wildman–Crippen LogP) is 5.16. The maximum atomic E-state index is 12.9. The molecule has 0 heterocycles. The summed E-state index contributed by atoms with van der Waals surface area (Å²) in [5, 5.41) is 1.04. The van der Waals surface area contributed by atoms with E-state index in [4.69, 9.17) is 23.7 Å². The smallest absolute Gasteiger partial charge is 0.338 e. The normalized spacial score (nSPS) is 10.8. The molecule has 8 heteroatoms. The summed E-state index contributed by atoms with van der Waals surface area (Å²) in [6, 6.07) is 16.4. The third-order valence-corrected chi connectivity index (χ3v) is 5.20. The van der Waals surface area contributed by atoms with Crippen molar-refractivity contribution in [3.05, 3.63) is 83.6 Å². The van der Waals surface area contributed by atoms with E-state index in [1.54, 1.807) is 45.0 Å². The number of esters is 3. The highest BCUT2D eigenvalue weighted by Gasteiger charge is 2.21. The molecule has 0 aliphatic rings. The van der Waals surface area contributed by atoms with Gasteiger partial charge in [-0.2, -0.15) is 0 Å². The molecule has 3 aromatic carbocycles. The van der Waals surface area contributed by atoms with Crippen LogP contribution in [0.5, 0.6) is 11.5 Å². The van der Waals surface area contributed by atoms with Gasteiger partial charge in [0.2, 0.25) is 0 Å². The summed E-state index contributed by atoms with van der Waals surface area (Å²) >= 11 is 0. The van der Waals surface area contributed by atoms with E-state index in [2.05, 4.69) is 0 Å². The van der Waals surface area contributed by atoms with E-state index in [0.29, 0.717) is 34.4 Å². The molecular weight excluding hydrogens is 476 g/mol. The van der Waals surface area contributed by atoms with Crippen molar-refractivity contribution in [1.82, 2.24) is 0 Å². The SMILES string of the molecule is CCOC(=O)/C=C/Oc1c(CC(=O)OCC)cc(C(=O)OCC)c2cc(OCc3ccccc3)ccc12. The first-order chi connectivity index (χ1) is 18.0. The zero-order chi connectivity index (χ0) is 26.6. The van der Waals surface area contributed by atoms with Crippen LogP contribution < -0.4 is 9.47 Å². The second-order valence-corrected chi connectivity index (χ2v) is 7.77. The van der Waals surface area contributed by atoms with Crippen LogP contribution in [-0.2, 0) is 36.8 Å². The van der Waals surface area contributed by atoms with Gasteiger partial charge < -0.3 is 23.7 Å². The summed E-state index contributed by atoms with van der Waals surface area (Å²) in [7, 11) is 0. The van der Waals surface area contributed by atoms with Gasteiger partial charge in [0, 0.05) is 16.3 Å². The van der Waals surface area contributed by atoms with Gasteiger partial charge in [-0.3, -0.25) is 4.79 Å². The fourth-order valence-electron chi connectivity index (χ4n) is 3.63. The molecule has 0 spiro atoms. The molecule has 0 saturated carbocycles. The van der Waals surface area contributed by atoms with E-state index in [9.17, 15) is 14.4 Å². The number of fused-ring (bicyclic) bond motifs is 1. The molecule has 0 bridgehead atoms. The molecular formula is C29H30O8. The van der Waals surface area contributed by atoms with Crippen LogP contribution in [-0.4, -0.2) is 37.7 Å². The van der Waals surface area contributed by atoms with Crippen LogP contribution in [0.2, 0.25) is 0 Å². The number of carbonyl (C=O) groups excluding carboxylic acids is 3. The lowest BCUT2D eigenvalue weighted by atomic mass is 9.97. The summed E-state index contributed by atoms with van der Waals surface area (Å²) in [5.74, 6) is -0.775. The maximum Gasteiger partial charge on any atom is 0.338 e. The zero-order valence-corrected chi connectivity index (χ0v) is 21.2. The van der Waals surface area contributed by atoms with Crippen molar-refractivity contribution in [2.45, 2.75) is 33.8 Å². The maximum absolute atomic E-state index is 12.9. The summed E-state index contributed by atoms with van der Waals surface area (Å²) in [4.78, 5) is 37.0. The highest BCUT2D eigenvalue weighted by atomic mass is 16.5. The molecule has 0 aliphatic heterocycles. The second kappa shape index (κ2) is 13.7. The second-order valence-electron chi connectivity index (χ2n) is 7.77. The highest BCUT2D eigenvalue weighted by molar-refractivity contribution is 6.08. The van der Waals surface area contributed by atoms with E-state index in [-0.39, 0.29) is 31.8 Å². The van der Waals surface area contributed by atoms with Crippen LogP contribution in [0.1, 0.15) is 42.3 Å². The number of carbonyl (C=O) groups is 3. The molecule has 0 radical (unpaired) electrons. The van der Waals surface area contributed by atoms with Crippen LogP contribution in [0, 0.1) is 0 Å². The van der Waals surface area contributed by atoms with Gasteiger partial charge in [0.1, 0.15) is 18.1 Å². The summed E-state index contributed by atoms with van der Waals surface area (Å²) in [5.41, 5.74) is 1.65. The highest BCUT2D eigenvalue weighted by Crippen LogP contribution is 2.36. The van der Waals surface area contributed by atoms with Gasteiger partial charge >= 0.3 is 17.9 Å². The first-order valence-electron chi connectivity index (χ1n) is 12.1. The molecule has 0 N–H and O–H groups in total. The molecule has 0 saturated heterocycles. The lowest BCUT2D eigenvalue weighted by Crippen LogP contribution is -2.12. The van der Waals surface area contributed by atoms with Crippen LogP contribution in [0.3, 0.4) is 0 Å². The van der Waals surface area contributed by atoms with E-state index in [1.165, 1.54) is 6.26 Å². The third-order valence-electron chi connectivity index (χ3n) is 5.20. The summed E-state index contributed by atoms with van der Waals surface area (Å²) in [6.45, 7) is 6.07. The van der Waals surface area contributed by atoms with E-state index < -0.39 is 17.9 Å². The van der Waals surface area contributed by atoms with Crippen LogP contribution in [0.25, 0.3) is 10.8 Å². The van der Waals surface area contributed by atoms with Crippen molar-refractivity contribution >= 4 is 28.7 Å². The van der Waals surface area contributed by atoms with Gasteiger partial charge in [0.15, 0.2) is 0 Å². The van der Waals surface area contributed by atoms with E-state index >= 15 is 0 Å². The molecule has 0 unspecified atom stereocenters. The Balaban J connectivity index is 2.08. The summed E-state index contributed by atoms with van der Waals surface area (Å²) in [6.07, 6.45) is 2.18. The minimum Gasteiger partial charge on any atom is -0.489 e. The number of hydrogen-bond donors (Lipinski definition) is 0. The van der Waals surface area contributed by atoms with Crippen molar-refractivity contribution in [3.8, 4) is 11.5 Å². The fourth-order valence-corrected chi connectivity index (χ4v) is 3.63. The van der Waals surface area contributed by atoms with Gasteiger partial charge in [-0.05, 0) is 50.6 Å². The fraction of sp³-hybridized carbons (Fsp3) is 0.276. The average Bonchev–Trinajstić information content (AvgIpc) is 2.89. The molecule has 37 heavy (non-hydrogen) atoms. The molecule has 0 fully saturated rings. The van der Waals surface area contributed by atoms with Gasteiger partial charge in [0.05, 0.1) is 44.1 Å². The summed E-state index contributed by atoms with van der Waals surface area (Å²) < 4.78 is 27.1. The Morgan fingerprint density at radius 1 is 0.811 bits per heavy atom. The molecule has 194 valence electrons. The Morgan fingerprint density at radius 3 is 2.24 bits per heavy atom. The van der Waals surface area contributed by atoms with Crippen molar-refractivity contribution < 1.29 is 38.1 Å². The Bertz CT molecular complexity index is 1260. The van der Waals surface area contributed by atoms with Gasteiger partial charge in [-0.15, -0.1) is 0 Å². The van der Waals surface area contributed by atoms with Crippen molar-refractivity contribution in [3.63, 3.8) is 0 Å². The molecule has 3 aromatic rings. The van der Waals surface area contributed by atoms with Crippen molar-refractivity contribution in [2.24, 2.45) is 0 Å². The Kier molecular flexibility index (Phi) is 10.1. The molecule has 0 aliphatic carbocycles. The van der Waals surface area contributed by atoms with Gasteiger partial charge in [0.25, 0.3) is 0 Å². The van der Waals surface area contributed by atoms with Crippen molar-refractivity contribution in [2.75, 3.05) is 19.8 Å². The third kappa shape index (κ3) is 7.57. The lowest BCUT2D eigenvalue weighted by Gasteiger charge is -2.16. The minimum atomic E-state index is -0.571. The molecule has 8 nitrogen and oxygen atoms in total. The Hall–Kier alpha value is -4.33. The zero-order valence-electron chi connectivity index (χ0n) is 21.2. The number of rotatable bonds is 12. The van der Waals surface area contributed by atoms with Crippen LogP contribution in [0.4, 0.5) is 0 Å².